The largest absolute Gasteiger partial charge is 0.353 e. The molecule has 0 aliphatic carbocycles. The molecule has 5 nitrogen and oxygen atoms in total. The van der Waals surface area contributed by atoms with E-state index in [1.54, 1.807) is 12.1 Å². The van der Waals surface area contributed by atoms with Gasteiger partial charge in [-0.15, -0.1) is 0 Å². The Morgan fingerprint density at radius 3 is 2.52 bits per heavy atom. The molecule has 0 spiro atoms. The molecule has 1 aromatic carbocycles. The zero-order chi connectivity index (χ0) is 15.1. The third kappa shape index (κ3) is 5.47. The number of amides is 2. The van der Waals surface area contributed by atoms with Crippen molar-refractivity contribution in [3.05, 3.63) is 34.3 Å². The Morgan fingerprint density at radius 2 is 1.86 bits per heavy atom. The molecule has 0 radical (unpaired) electrons. The Labute approximate surface area is 133 Å². The molecular formula is C15H20BrN3O2. The van der Waals surface area contributed by atoms with Crippen LogP contribution in [0.4, 0.5) is 0 Å². The van der Waals surface area contributed by atoms with Gasteiger partial charge in [-0.25, -0.2) is 0 Å². The minimum absolute atomic E-state index is 0.00185. The van der Waals surface area contributed by atoms with Gasteiger partial charge >= 0.3 is 0 Å². The van der Waals surface area contributed by atoms with Crippen molar-refractivity contribution in [3.63, 3.8) is 0 Å². The van der Waals surface area contributed by atoms with Crippen LogP contribution in [0.1, 0.15) is 29.6 Å². The number of piperidine rings is 1. The number of carbonyl (C=O) groups is 2. The van der Waals surface area contributed by atoms with E-state index in [0.717, 1.165) is 30.4 Å². The fourth-order valence-electron chi connectivity index (χ4n) is 2.26. The maximum atomic E-state index is 11.9. The molecule has 2 rings (SSSR count). The molecule has 21 heavy (non-hydrogen) atoms. The summed E-state index contributed by atoms with van der Waals surface area (Å²) in [5.74, 6) is -0.157. The van der Waals surface area contributed by atoms with Gasteiger partial charge in [-0.1, -0.05) is 15.9 Å². The number of hydrogen-bond acceptors (Lipinski definition) is 3. The summed E-state index contributed by atoms with van der Waals surface area (Å²) < 4.78 is 0.931. The molecule has 0 unspecified atom stereocenters. The molecule has 0 bridgehead atoms. The zero-order valence-electron chi connectivity index (χ0n) is 11.8. The van der Waals surface area contributed by atoms with E-state index in [2.05, 4.69) is 31.9 Å². The minimum atomic E-state index is -0.155. The highest BCUT2D eigenvalue weighted by Crippen LogP contribution is 2.10. The Bertz CT molecular complexity index is 484. The lowest BCUT2D eigenvalue weighted by atomic mass is 10.1. The Hall–Kier alpha value is -1.40. The van der Waals surface area contributed by atoms with Crippen molar-refractivity contribution in [2.24, 2.45) is 0 Å². The van der Waals surface area contributed by atoms with Crippen molar-refractivity contribution < 1.29 is 9.59 Å². The molecule has 0 aromatic heterocycles. The fourth-order valence-corrected chi connectivity index (χ4v) is 2.52. The Kier molecular flexibility index (Phi) is 6.20. The lowest BCUT2D eigenvalue weighted by molar-refractivity contribution is -0.121. The standard InChI is InChI=1S/C15H20BrN3O2/c16-12-3-1-11(2-4-12)15(21)18-10-7-14(20)19-13-5-8-17-9-6-13/h1-4,13,17H,5-10H2,(H,18,21)(H,19,20). The van der Waals surface area contributed by atoms with Crippen LogP contribution in [0.25, 0.3) is 0 Å². The lowest BCUT2D eigenvalue weighted by Crippen LogP contribution is -2.43. The first-order valence-corrected chi connectivity index (χ1v) is 7.98. The monoisotopic (exact) mass is 353 g/mol. The van der Waals surface area contributed by atoms with Crippen LogP contribution < -0.4 is 16.0 Å². The molecule has 1 fully saturated rings. The molecule has 1 aliphatic heterocycles. The van der Waals surface area contributed by atoms with Crippen LogP contribution in [-0.2, 0) is 4.79 Å². The molecule has 1 saturated heterocycles. The van der Waals surface area contributed by atoms with Gasteiger partial charge in [0.25, 0.3) is 5.91 Å². The van der Waals surface area contributed by atoms with E-state index in [4.69, 9.17) is 0 Å². The highest BCUT2D eigenvalue weighted by Gasteiger charge is 2.15. The van der Waals surface area contributed by atoms with Crippen molar-refractivity contribution in [1.82, 2.24) is 16.0 Å². The second kappa shape index (κ2) is 8.14. The first kappa shape index (κ1) is 16.0. The molecule has 3 N–H and O–H groups in total. The number of nitrogens with one attached hydrogen (secondary N) is 3. The summed E-state index contributed by atoms with van der Waals surface area (Å²) >= 11 is 3.32. The predicted molar refractivity (Wildman–Crippen MR) is 85.1 cm³/mol. The number of hydrogen-bond donors (Lipinski definition) is 3. The normalized spacial score (nSPS) is 15.5. The lowest BCUT2D eigenvalue weighted by Gasteiger charge is -2.23. The number of carbonyl (C=O) groups excluding carboxylic acids is 2. The smallest absolute Gasteiger partial charge is 0.251 e. The van der Waals surface area contributed by atoms with Crippen molar-refractivity contribution in [2.45, 2.75) is 25.3 Å². The highest BCUT2D eigenvalue weighted by atomic mass is 79.9. The van der Waals surface area contributed by atoms with Gasteiger partial charge in [-0.2, -0.15) is 0 Å². The van der Waals surface area contributed by atoms with Gasteiger partial charge in [-0.05, 0) is 50.2 Å². The Morgan fingerprint density at radius 1 is 1.19 bits per heavy atom. The summed E-state index contributed by atoms with van der Waals surface area (Å²) in [6.07, 6.45) is 2.25. The molecule has 0 saturated carbocycles. The second-order valence-electron chi connectivity index (χ2n) is 5.10. The molecular weight excluding hydrogens is 334 g/mol. The van der Waals surface area contributed by atoms with Crippen LogP contribution in [0.5, 0.6) is 0 Å². The molecule has 114 valence electrons. The molecule has 1 heterocycles. The minimum Gasteiger partial charge on any atom is -0.353 e. The molecule has 6 heteroatoms. The first-order valence-electron chi connectivity index (χ1n) is 7.19. The van der Waals surface area contributed by atoms with E-state index in [1.165, 1.54) is 0 Å². The van der Waals surface area contributed by atoms with E-state index in [9.17, 15) is 9.59 Å². The van der Waals surface area contributed by atoms with E-state index < -0.39 is 0 Å². The SMILES string of the molecule is O=C(CCNC(=O)c1ccc(Br)cc1)NC1CCNCC1. The van der Waals surface area contributed by atoms with Gasteiger partial charge in [0.1, 0.15) is 0 Å². The van der Waals surface area contributed by atoms with Gasteiger partial charge in [0.05, 0.1) is 0 Å². The quantitative estimate of drug-likeness (QED) is 0.749. The summed E-state index contributed by atoms with van der Waals surface area (Å²) in [5.41, 5.74) is 0.594. The average molecular weight is 354 g/mol. The van der Waals surface area contributed by atoms with Gasteiger partial charge in [0.2, 0.25) is 5.91 Å². The van der Waals surface area contributed by atoms with E-state index in [1.807, 2.05) is 12.1 Å². The summed E-state index contributed by atoms with van der Waals surface area (Å²) in [7, 11) is 0. The van der Waals surface area contributed by atoms with Crippen molar-refractivity contribution in [1.29, 1.82) is 0 Å². The summed E-state index contributed by atoms with van der Waals surface area (Å²) in [6, 6.07) is 7.39. The van der Waals surface area contributed by atoms with E-state index in [0.29, 0.717) is 18.5 Å². The molecule has 1 aromatic rings. The third-order valence-corrected chi connectivity index (χ3v) is 3.98. The fraction of sp³-hybridized carbons (Fsp3) is 0.467. The molecule has 0 atom stereocenters. The van der Waals surface area contributed by atoms with Crippen LogP contribution in [0, 0.1) is 0 Å². The number of benzene rings is 1. The van der Waals surface area contributed by atoms with Gasteiger partial charge in [0.15, 0.2) is 0 Å². The van der Waals surface area contributed by atoms with E-state index >= 15 is 0 Å². The second-order valence-corrected chi connectivity index (χ2v) is 6.02. The predicted octanol–water partition coefficient (Wildman–Crippen LogP) is 1.44. The summed E-state index contributed by atoms with van der Waals surface area (Å²) in [5, 5.41) is 9.02. The highest BCUT2D eigenvalue weighted by molar-refractivity contribution is 9.10. The topological polar surface area (TPSA) is 70.2 Å². The van der Waals surface area contributed by atoms with Gasteiger partial charge in [-0.3, -0.25) is 9.59 Å². The maximum Gasteiger partial charge on any atom is 0.251 e. The zero-order valence-corrected chi connectivity index (χ0v) is 13.4. The third-order valence-electron chi connectivity index (χ3n) is 3.45. The van der Waals surface area contributed by atoms with Crippen molar-refractivity contribution in [2.75, 3.05) is 19.6 Å². The van der Waals surface area contributed by atoms with Crippen molar-refractivity contribution >= 4 is 27.7 Å². The van der Waals surface area contributed by atoms with E-state index in [-0.39, 0.29) is 17.9 Å². The van der Waals surface area contributed by atoms with Gasteiger partial charge < -0.3 is 16.0 Å². The van der Waals surface area contributed by atoms with Crippen molar-refractivity contribution in [3.8, 4) is 0 Å². The Balaban J connectivity index is 1.67. The van der Waals surface area contributed by atoms with Crippen LogP contribution in [0.2, 0.25) is 0 Å². The maximum absolute atomic E-state index is 11.9. The summed E-state index contributed by atoms with van der Waals surface area (Å²) in [4.78, 5) is 23.6. The molecule has 2 amide bonds. The average Bonchev–Trinajstić information content (AvgIpc) is 2.49. The van der Waals surface area contributed by atoms with Crippen LogP contribution in [-0.4, -0.2) is 37.5 Å². The van der Waals surface area contributed by atoms with Gasteiger partial charge in [0, 0.05) is 29.0 Å². The van der Waals surface area contributed by atoms with Crippen LogP contribution >= 0.6 is 15.9 Å². The number of rotatable bonds is 5. The first-order chi connectivity index (χ1) is 10.1. The molecule has 1 aliphatic rings. The summed E-state index contributed by atoms with van der Waals surface area (Å²) in [6.45, 7) is 2.25. The number of halogens is 1. The van der Waals surface area contributed by atoms with Crippen LogP contribution in [0.15, 0.2) is 28.7 Å². The van der Waals surface area contributed by atoms with Crippen LogP contribution in [0.3, 0.4) is 0 Å².